The molecule has 21 heavy (non-hydrogen) atoms. The van der Waals surface area contributed by atoms with Crippen LogP contribution in [0.15, 0.2) is 24.3 Å². The van der Waals surface area contributed by atoms with Crippen LogP contribution in [0.5, 0.6) is 5.75 Å². The van der Waals surface area contributed by atoms with Crippen molar-refractivity contribution in [1.82, 2.24) is 0 Å². The van der Waals surface area contributed by atoms with Crippen LogP contribution in [-0.4, -0.2) is 24.5 Å². The van der Waals surface area contributed by atoms with Crippen LogP contribution in [0.1, 0.15) is 31.2 Å². The summed E-state index contributed by atoms with van der Waals surface area (Å²) in [5.74, 6) is -1.38. The van der Waals surface area contributed by atoms with Crippen molar-refractivity contribution in [1.29, 1.82) is 0 Å². The lowest BCUT2D eigenvalue weighted by Gasteiger charge is -2.36. The lowest BCUT2D eigenvalue weighted by atomic mass is 9.74. The van der Waals surface area contributed by atoms with Gasteiger partial charge >= 0.3 is 6.18 Å². The Hall–Kier alpha value is -1.23. The molecular formula is C16H21F3O2. The van der Waals surface area contributed by atoms with Gasteiger partial charge in [-0.25, -0.2) is 0 Å². The van der Waals surface area contributed by atoms with E-state index in [-0.39, 0.29) is 12.8 Å². The molecule has 0 radical (unpaired) electrons. The molecule has 118 valence electrons. The number of hydrogen-bond acceptors (Lipinski definition) is 2. The van der Waals surface area contributed by atoms with Crippen LogP contribution >= 0.6 is 0 Å². The summed E-state index contributed by atoms with van der Waals surface area (Å²) in [4.78, 5) is 0. The van der Waals surface area contributed by atoms with E-state index in [1.807, 2.05) is 0 Å². The maximum atomic E-state index is 13.1. The number of aliphatic hydroxyl groups excluding tert-OH is 1. The van der Waals surface area contributed by atoms with Crippen LogP contribution in [0, 0.1) is 11.8 Å². The Balaban J connectivity index is 2.04. The molecule has 1 saturated carbocycles. The molecule has 1 aromatic rings. The Morgan fingerprint density at radius 2 is 1.81 bits per heavy atom. The third-order valence-corrected chi connectivity index (χ3v) is 4.34. The van der Waals surface area contributed by atoms with E-state index in [1.54, 1.807) is 31.4 Å². The highest BCUT2D eigenvalue weighted by Crippen LogP contribution is 2.43. The van der Waals surface area contributed by atoms with Crippen molar-refractivity contribution in [2.45, 2.75) is 44.4 Å². The van der Waals surface area contributed by atoms with Gasteiger partial charge in [-0.3, -0.25) is 0 Å². The van der Waals surface area contributed by atoms with E-state index >= 15 is 0 Å². The summed E-state index contributed by atoms with van der Waals surface area (Å²) >= 11 is 0. The molecular weight excluding hydrogens is 281 g/mol. The number of hydrogen-bond donors (Lipinski definition) is 1. The van der Waals surface area contributed by atoms with E-state index in [0.717, 1.165) is 12.0 Å². The molecule has 5 heteroatoms. The van der Waals surface area contributed by atoms with Crippen LogP contribution in [0.3, 0.4) is 0 Å². The standard InChI is InChI=1S/C16H21F3O2/c1-21-12-8-6-11(7-9-12)10-15(20)13-4-2-3-5-14(13)16(17,18)19/h6-9,13-15,20H,2-5,10H2,1H3. The minimum Gasteiger partial charge on any atom is -0.497 e. The number of aliphatic hydroxyl groups is 1. The third-order valence-electron chi connectivity index (χ3n) is 4.34. The summed E-state index contributed by atoms with van der Waals surface area (Å²) in [7, 11) is 1.56. The van der Waals surface area contributed by atoms with Gasteiger partial charge in [0, 0.05) is 0 Å². The molecule has 1 aliphatic rings. The number of alkyl halides is 3. The van der Waals surface area contributed by atoms with Crippen molar-refractivity contribution in [2.24, 2.45) is 11.8 Å². The van der Waals surface area contributed by atoms with E-state index < -0.39 is 24.1 Å². The summed E-state index contributed by atoms with van der Waals surface area (Å²) in [6.45, 7) is 0. The predicted octanol–water partition coefficient (Wildman–Crippen LogP) is 3.97. The number of benzene rings is 1. The Morgan fingerprint density at radius 1 is 1.19 bits per heavy atom. The van der Waals surface area contributed by atoms with Crippen molar-refractivity contribution < 1.29 is 23.0 Å². The van der Waals surface area contributed by atoms with E-state index in [1.165, 1.54) is 0 Å². The maximum Gasteiger partial charge on any atom is 0.392 e. The number of ether oxygens (including phenoxy) is 1. The molecule has 3 unspecified atom stereocenters. The topological polar surface area (TPSA) is 29.5 Å². The first-order chi connectivity index (χ1) is 9.91. The number of rotatable bonds is 4. The fourth-order valence-corrected chi connectivity index (χ4v) is 3.18. The smallest absolute Gasteiger partial charge is 0.392 e. The van der Waals surface area contributed by atoms with E-state index in [2.05, 4.69) is 0 Å². The monoisotopic (exact) mass is 302 g/mol. The van der Waals surface area contributed by atoms with Crippen LogP contribution in [0.4, 0.5) is 13.2 Å². The molecule has 2 nitrogen and oxygen atoms in total. The van der Waals surface area contributed by atoms with Crippen molar-refractivity contribution in [3.63, 3.8) is 0 Å². The van der Waals surface area contributed by atoms with Gasteiger partial charge in [-0.15, -0.1) is 0 Å². The quantitative estimate of drug-likeness (QED) is 0.912. The Kier molecular flexibility index (Phi) is 5.14. The molecule has 1 fully saturated rings. The SMILES string of the molecule is COc1ccc(CC(O)C2CCCCC2C(F)(F)F)cc1. The van der Waals surface area contributed by atoms with Crippen LogP contribution in [0.25, 0.3) is 0 Å². The van der Waals surface area contributed by atoms with Gasteiger partial charge in [0.15, 0.2) is 0 Å². The highest BCUT2D eigenvalue weighted by atomic mass is 19.4. The maximum absolute atomic E-state index is 13.1. The van der Waals surface area contributed by atoms with Gasteiger partial charge in [-0.1, -0.05) is 25.0 Å². The zero-order valence-corrected chi connectivity index (χ0v) is 12.1. The largest absolute Gasteiger partial charge is 0.497 e. The zero-order chi connectivity index (χ0) is 15.5. The first kappa shape index (κ1) is 16.1. The Labute approximate surface area is 122 Å². The van der Waals surface area contributed by atoms with Crippen LogP contribution < -0.4 is 4.74 Å². The molecule has 0 bridgehead atoms. The highest BCUT2D eigenvalue weighted by Gasteiger charge is 2.47. The molecule has 0 heterocycles. The number of halogens is 3. The minimum absolute atomic E-state index is 0.133. The normalized spacial score (nSPS) is 24.6. The van der Waals surface area contributed by atoms with E-state index in [9.17, 15) is 18.3 Å². The van der Waals surface area contributed by atoms with E-state index in [4.69, 9.17) is 4.74 Å². The molecule has 3 atom stereocenters. The lowest BCUT2D eigenvalue weighted by molar-refractivity contribution is -0.206. The molecule has 0 aliphatic heterocycles. The average Bonchev–Trinajstić information content (AvgIpc) is 2.47. The average molecular weight is 302 g/mol. The van der Waals surface area contributed by atoms with Gasteiger partial charge in [0.2, 0.25) is 0 Å². The third kappa shape index (κ3) is 4.13. The Morgan fingerprint density at radius 3 is 2.38 bits per heavy atom. The molecule has 0 aromatic heterocycles. The first-order valence-electron chi connectivity index (χ1n) is 7.29. The minimum atomic E-state index is -4.22. The van der Waals surface area contributed by atoms with Crippen LogP contribution in [-0.2, 0) is 6.42 Å². The molecule has 1 aliphatic carbocycles. The molecule has 0 saturated heterocycles. The van der Waals surface area contributed by atoms with Crippen molar-refractivity contribution >= 4 is 0 Å². The molecule has 1 N–H and O–H groups in total. The van der Waals surface area contributed by atoms with Gasteiger partial charge in [-0.2, -0.15) is 13.2 Å². The molecule has 0 amide bonds. The van der Waals surface area contributed by atoms with Crippen LogP contribution in [0.2, 0.25) is 0 Å². The fourth-order valence-electron chi connectivity index (χ4n) is 3.18. The van der Waals surface area contributed by atoms with Gasteiger partial charge in [0.1, 0.15) is 5.75 Å². The van der Waals surface area contributed by atoms with E-state index in [0.29, 0.717) is 18.6 Å². The summed E-state index contributed by atoms with van der Waals surface area (Å²) in [5, 5.41) is 10.3. The van der Waals surface area contributed by atoms with Gasteiger partial charge in [0.05, 0.1) is 19.1 Å². The van der Waals surface area contributed by atoms with Gasteiger partial charge < -0.3 is 9.84 Å². The first-order valence-corrected chi connectivity index (χ1v) is 7.29. The number of methoxy groups -OCH3 is 1. The van der Waals surface area contributed by atoms with Crippen molar-refractivity contribution in [2.75, 3.05) is 7.11 Å². The molecule has 0 spiro atoms. The second kappa shape index (κ2) is 6.69. The van der Waals surface area contributed by atoms with Gasteiger partial charge in [0.25, 0.3) is 0 Å². The Bertz CT molecular complexity index is 442. The van der Waals surface area contributed by atoms with Crippen molar-refractivity contribution in [3.8, 4) is 5.75 Å². The zero-order valence-electron chi connectivity index (χ0n) is 12.1. The lowest BCUT2D eigenvalue weighted by Crippen LogP contribution is -2.40. The molecule has 1 aromatic carbocycles. The summed E-state index contributed by atoms with van der Waals surface area (Å²) in [5.41, 5.74) is 0.829. The summed E-state index contributed by atoms with van der Waals surface area (Å²) in [6.07, 6.45) is -2.99. The highest BCUT2D eigenvalue weighted by molar-refractivity contribution is 5.27. The predicted molar refractivity (Wildman–Crippen MR) is 74.2 cm³/mol. The fraction of sp³-hybridized carbons (Fsp3) is 0.625. The second-order valence-corrected chi connectivity index (χ2v) is 5.72. The summed E-state index contributed by atoms with van der Waals surface area (Å²) < 4.78 is 44.2. The summed E-state index contributed by atoms with van der Waals surface area (Å²) in [6, 6.07) is 7.08. The van der Waals surface area contributed by atoms with Crippen molar-refractivity contribution in [3.05, 3.63) is 29.8 Å². The van der Waals surface area contributed by atoms with Gasteiger partial charge in [-0.05, 0) is 42.9 Å². The molecule has 2 rings (SSSR count). The second-order valence-electron chi connectivity index (χ2n) is 5.72.